The Kier molecular flexibility index (Phi) is 7.96. The average molecular weight is 394 g/mol. The molecule has 0 saturated heterocycles. The number of aliphatic hydroxyl groups is 4. The van der Waals surface area contributed by atoms with Crippen molar-refractivity contribution in [3.63, 3.8) is 0 Å². The molecule has 0 aromatic heterocycles. The van der Waals surface area contributed by atoms with Crippen molar-refractivity contribution in [1.29, 1.82) is 0 Å². The van der Waals surface area contributed by atoms with Gasteiger partial charge in [-0.3, -0.25) is 10.9 Å². The van der Waals surface area contributed by atoms with Gasteiger partial charge in [0.2, 0.25) is 0 Å². The maximum Gasteiger partial charge on any atom is 0.148 e. The van der Waals surface area contributed by atoms with Crippen LogP contribution in [0.15, 0.2) is 58.7 Å². The van der Waals surface area contributed by atoms with Crippen LogP contribution >= 0.6 is 0 Å². The summed E-state index contributed by atoms with van der Waals surface area (Å²) in [7, 11) is 0. The second kappa shape index (κ2) is 10.4. The number of aliphatic hydroxyl groups excluding tert-OH is 4. The van der Waals surface area contributed by atoms with E-state index in [1.54, 1.807) is 12.1 Å². The van der Waals surface area contributed by atoms with Gasteiger partial charge in [-0.25, -0.2) is 8.78 Å². The lowest BCUT2D eigenvalue weighted by molar-refractivity contribution is -0.0548. The summed E-state index contributed by atoms with van der Waals surface area (Å²) >= 11 is 0. The summed E-state index contributed by atoms with van der Waals surface area (Å²) in [6.07, 6.45) is -4.28. The van der Waals surface area contributed by atoms with Gasteiger partial charge in [-0.2, -0.15) is 10.2 Å². The Bertz CT molecular complexity index is 835. The van der Waals surface area contributed by atoms with Gasteiger partial charge in [0.05, 0.1) is 24.2 Å². The van der Waals surface area contributed by atoms with Crippen molar-refractivity contribution in [2.75, 3.05) is 17.5 Å². The van der Waals surface area contributed by atoms with Crippen LogP contribution in [0.25, 0.3) is 0 Å². The smallest absolute Gasteiger partial charge is 0.148 e. The highest BCUT2D eigenvalue weighted by Gasteiger charge is 2.28. The molecule has 2 rings (SSSR count). The fourth-order valence-corrected chi connectivity index (χ4v) is 2.06. The van der Waals surface area contributed by atoms with Gasteiger partial charge in [0, 0.05) is 0 Å². The lowest BCUT2D eigenvalue weighted by atomic mass is 10.0. The summed E-state index contributed by atoms with van der Waals surface area (Å²) in [6.45, 7) is -0.809. The average Bonchev–Trinajstić information content (AvgIpc) is 2.71. The first-order chi connectivity index (χ1) is 13.4. The molecule has 2 aromatic carbocycles. The van der Waals surface area contributed by atoms with Gasteiger partial charge in [-0.05, 0) is 24.3 Å². The van der Waals surface area contributed by atoms with Crippen LogP contribution in [0.1, 0.15) is 0 Å². The van der Waals surface area contributed by atoms with E-state index >= 15 is 0 Å². The molecular weight excluding hydrogens is 374 g/mol. The number of para-hydroxylation sites is 2. The number of benzene rings is 2. The van der Waals surface area contributed by atoms with E-state index in [1.807, 2.05) is 0 Å². The normalized spacial score (nSPS) is 15.3. The van der Waals surface area contributed by atoms with Crippen molar-refractivity contribution in [2.45, 2.75) is 18.3 Å². The molecule has 10 heteroatoms. The van der Waals surface area contributed by atoms with E-state index in [4.69, 9.17) is 5.11 Å². The summed E-state index contributed by atoms with van der Waals surface area (Å²) in [5, 5.41) is 46.0. The van der Waals surface area contributed by atoms with Crippen LogP contribution in [-0.2, 0) is 0 Å². The number of anilines is 2. The zero-order valence-corrected chi connectivity index (χ0v) is 14.6. The molecule has 0 aliphatic rings. The molecule has 0 saturated carbocycles. The molecule has 3 atom stereocenters. The predicted octanol–water partition coefficient (Wildman–Crippen LogP) is 0.906. The minimum atomic E-state index is -1.80. The molecule has 0 bridgehead atoms. The molecule has 0 heterocycles. The van der Waals surface area contributed by atoms with Crippen LogP contribution in [0.4, 0.5) is 20.2 Å². The van der Waals surface area contributed by atoms with Crippen molar-refractivity contribution < 1.29 is 29.2 Å². The van der Waals surface area contributed by atoms with Crippen LogP contribution < -0.4 is 10.9 Å². The zero-order valence-electron chi connectivity index (χ0n) is 14.6. The van der Waals surface area contributed by atoms with E-state index < -0.39 is 36.6 Å². The molecule has 6 N–H and O–H groups in total. The summed E-state index contributed by atoms with van der Waals surface area (Å²) < 4.78 is 27.3. The molecule has 2 aromatic rings. The Morgan fingerprint density at radius 3 is 2.00 bits per heavy atom. The van der Waals surface area contributed by atoms with Gasteiger partial charge < -0.3 is 20.4 Å². The second-order valence-corrected chi connectivity index (χ2v) is 5.66. The predicted molar refractivity (Wildman–Crippen MR) is 101 cm³/mol. The van der Waals surface area contributed by atoms with Crippen LogP contribution in [0.3, 0.4) is 0 Å². The summed E-state index contributed by atoms with van der Waals surface area (Å²) in [6, 6.07) is 11.3. The lowest BCUT2D eigenvalue weighted by Crippen LogP contribution is -2.44. The Balaban J connectivity index is 2.22. The molecule has 0 spiro atoms. The van der Waals surface area contributed by atoms with Gasteiger partial charge >= 0.3 is 0 Å². The summed E-state index contributed by atoms with van der Waals surface area (Å²) in [5.74, 6) is -1.18. The van der Waals surface area contributed by atoms with Crippen LogP contribution in [0.2, 0.25) is 0 Å². The second-order valence-electron chi connectivity index (χ2n) is 5.66. The fraction of sp³-hybridized carbons (Fsp3) is 0.222. The van der Waals surface area contributed by atoms with Crippen LogP contribution in [-0.4, -0.2) is 57.3 Å². The number of halogens is 2. The van der Waals surface area contributed by atoms with E-state index in [9.17, 15) is 24.1 Å². The van der Waals surface area contributed by atoms with E-state index in [0.29, 0.717) is 0 Å². The molecular formula is C18H20F2N4O4. The van der Waals surface area contributed by atoms with Crippen molar-refractivity contribution in [2.24, 2.45) is 10.2 Å². The van der Waals surface area contributed by atoms with E-state index in [-0.39, 0.29) is 17.1 Å². The molecule has 0 aliphatic heterocycles. The maximum atomic E-state index is 13.7. The molecule has 0 radical (unpaired) electrons. The quantitative estimate of drug-likeness (QED) is 0.277. The van der Waals surface area contributed by atoms with Gasteiger partial charge in [0.25, 0.3) is 0 Å². The Morgan fingerprint density at radius 1 is 0.929 bits per heavy atom. The summed E-state index contributed by atoms with van der Waals surface area (Å²) in [4.78, 5) is 0. The van der Waals surface area contributed by atoms with E-state index in [1.165, 1.54) is 36.4 Å². The minimum Gasteiger partial charge on any atom is -0.394 e. The standard InChI is InChI=1S/C18H20F2N4O4/c19-11-5-1-3-7-13(11)22-21-9-15(17(27)18(28)16(26)10-25)24-23-14-8-4-2-6-12(14)20/h1-9,16-18,22-23,25-28H,10H2/b21-9+,24-15+. The minimum absolute atomic E-state index is 0.0140. The molecule has 0 aliphatic carbocycles. The molecule has 8 nitrogen and oxygen atoms in total. The van der Waals surface area contributed by atoms with Crippen molar-refractivity contribution in [1.82, 2.24) is 0 Å². The van der Waals surface area contributed by atoms with E-state index in [0.717, 1.165) is 6.21 Å². The van der Waals surface area contributed by atoms with Crippen molar-refractivity contribution in [3.05, 3.63) is 60.2 Å². The highest BCUT2D eigenvalue weighted by Crippen LogP contribution is 2.14. The Hall–Kier alpha value is -2.92. The van der Waals surface area contributed by atoms with Crippen LogP contribution in [0, 0.1) is 11.6 Å². The lowest BCUT2D eigenvalue weighted by Gasteiger charge is -2.21. The highest BCUT2D eigenvalue weighted by atomic mass is 19.1. The highest BCUT2D eigenvalue weighted by molar-refractivity contribution is 6.33. The van der Waals surface area contributed by atoms with Crippen molar-refractivity contribution >= 4 is 23.3 Å². The summed E-state index contributed by atoms with van der Waals surface area (Å²) in [5.41, 5.74) is 4.49. The third-order valence-corrected chi connectivity index (χ3v) is 3.64. The largest absolute Gasteiger partial charge is 0.394 e. The van der Waals surface area contributed by atoms with Gasteiger partial charge in [-0.15, -0.1) is 0 Å². The Morgan fingerprint density at radius 2 is 1.46 bits per heavy atom. The fourth-order valence-electron chi connectivity index (χ4n) is 2.06. The Labute approximate surface area is 159 Å². The molecule has 150 valence electrons. The van der Waals surface area contributed by atoms with Crippen LogP contribution in [0.5, 0.6) is 0 Å². The SMILES string of the molecule is OCC(O)C(O)C(O)C(/C=N/Nc1ccccc1F)=N/Nc1ccccc1F. The molecule has 28 heavy (non-hydrogen) atoms. The molecule has 0 fully saturated rings. The third-order valence-electron chi connectivity index (χ3n) is 3.64. The number of hydrogen-bond acceptors (Lipinski definition) is 8. The molecule has 3 unspecified atom stereocenters. The number of nitrogens with one attached hydrogen (secondary N) is 2. The number of hydrazone groups is 2. The first-order valence-electron chi connectivity index (χ1n) is 8.20. The number of hydrogen-bond donors (Lipinski definition) is 6. The number of rotatable bonds is 9. The third kappa shape index (κ3) is 5.79. The maximum absolute atomic E-state index is 13.7. The first-order valence-corrected chi connectivity index (χ1v) is 8.20. The van der Waals surface area contributed by atoms with Gasteiger partial charge in [0.15, 0.2) is 0 Å². The monoisotopic (exact) mass is 394 g/mol. The van der Waals surface area contributed by atoms with Gasteiger partial charge in [-0.1, -0.05) is 24.3 Å². The van der Waals surface area contributed by atoms with Crippen molar-refractivity contribution in [3.8, 4) is 0 Å². The topological polar surface area (TPSA) is 130 Å². The molecule has 0 amide bonds. The van der Waals surface area contributed by atoms with Gasteiger partial charge in [0.1, 0.15) is 35.7 Å². The van der Waals surface area contributed by atoms with E-state index in [2.05, 4.69) is 21.1 Å². The zero-order chi connectivity index (χ0) is 20.5. The first kappa shape index (κ1) is 21.4. The number of nitrogens with zero attached hydrogens (tertiary/aromatic N) is 2.